The Bertz CT molecular complexity index is 817. The van der Waals surface area contributed by atoms with Crippen LogP contribution in [0.5, 0.6) is 0 Å². The fraction of sp³-hybridized carbons (Fsp3) is 0.462. The van der Waals surface area contributed by atoms with Crippen molar-refractivity contribution in [1.82, 2.24) is 5.48 Å². The van der Waals surface area contributed by atoms with E-state index in [0.717, 1.165) is 41.7 Å². The molecule has 0 heterocycles. The highest BCUT2D eigenvalue weighted by Gasteiger charge is 2.30. The Morgan fingerprint density at radius 2 is 1.55 bits per heavy atom. The highest BCUT2D eigenvalue weighted by Crippen LogP contribution is 2.29. The van der Waals surface area contributed by atoms with Gasteiger partial charge in [-0.3, -0.25) is 4.84 Å². The van der Waals surface area contributed by atoms with Gasteiger partial charge < -0.3 is 0 Å². The fourth-order valence-corrected chi connectivity index (χ4v) is 3.12. The van der Waals surface area contributed by atoms with Crippen LogP contribution >= 0.6 is 0 Å². The van der Waals surface area contributed by atoms with Gasteiger partial charge in [0.05, 0.1) is 18.2 Å². The van der Waals surface area contributed by atoms with E-state index in [0.29, 0.717) is 6.61 Å². The second-order valence-electron chi connectivity index (χ2n) is 7.76. The molecule has 0 aliphatic rings. The highest BCUT2D eigenvalue weighted by atomic mass is 19.4. The number of hydrogen-bond donors (Lipinski definition) is 1. The predicted octanol–water partition coefficient (Wildman–Crippen LogP) is 7.59. The van der Waals surface area contributed by atoms with Gasteiger partial charge in [-0.15, -0.1) is 0 Å². The molecule has 1 N–H and O–H groups in total. The molecule has 0 aliphatic heterocycles. The maximum absolute atomic E-state index is 12.6. The SMILES string of the molecule is CCCCCCCCC#Cc1ccc(CONC(C)c2ccc(C(F)(F)F)cc2)cc1. The van der Waals surface area contributed by atoms with E-state index in [4.69, 9.17) is 4.84 Å². The van der Waals surface area contributed by atoms with Crippen molar-refractivity contribution in [1.29, 1.82) is 0 Å². The molecule has 0 saturated carbocycles. The Hall–Kier alpha value is -2.29. The number of nitrogens with one attached hydrogen (secondary N) is 1. The second kappa shape index (κ2) is 13.2. The van der Waals surface area contributed by atoms with Crippen LogP contribution in [0.4, 0.5) is 13.2 Å². The van der Waals surface area contributed by atoms with Crippen molar-refractivity contribution in [2.45, 2.75) is 77.6 Å². The molecule has 2 aromatic carbocycles. The molecule has 31 heavy (non-hydrogen) atoms. The molecule has 168 valence electrons. The Morgan fingerprint density at radius 1 is 0.903 bits per heavy atom. The predicted molar refractivity (Wildman–Crippen MR) is 119 cm³/mol. The molecule has 0 aromatic heterocycles. The largest absolute Gasteiger partial charge is 0.416 e. The van der Waals surface area contributed by atoms with Crippen molar-refractivity contribution in [3.8, 4) is 11.8 Å². The van der Waals surface area contributed by atoms with Gasteiger partial charge in [0.1, 0.15) is 0 Å². The summed E-state index contributed by atoms with van der Waals surface area (Å²) in [6.45, 7) is 4.42. The lowest BCUT2D eigenvalue weighted by molar-refractivity contribution is -0.137. The van der Waals surface area contributed by atoms with Gasteiger partial charge in [-0.05, 0) is 48.7 Å². The van der Waals surface area contributed by atoms with Gasteiger partial charge >= 0.3 is 6.18 Å². The van der Waals surface area contributed by atoms with Crippen LogP contribution < -0.4 is 5.48 Å². The summed E-state index contributed by atoms with van der Waals surface area (Å²) in [6.07, 6.45) is 4.25. The number of rotatable bonds is 11. The molecule has 5 heteroatoms. The van der Waals surface area contributed by atoms with E-state index in [2.05, 4.69) is 24.2 Å². The Kier molecular flexibility index (Phi) is 10.6. The summed E-state index contributed by atoms with van der Waals surface area (Å²) in [5, 5.41) is 0. The third-order valence-corrected chi connectivity index (χ3v) is 5.08. The molecule has 2 nitrogen and oxygen atoms in total. The van der Waals surface area contributed by atoms with Crippen LogP contribution in [-0.4, -0.2) is 0 Å². The van der Waals surface area contributed by atoms with Gasteiger partial charge in [-0.2, -0.15) is 18.7 Å². The molecule has 2 rings (SSSR count). The average molecular weight is 432 g/mol. The summed E-state index contributed by atoms with van der Waals surface area (Å²) in [5.74, 6) is 6.44. The molecule has 1 unspecified atom stereocenters. The van der Waals surface area contributed by atoms with Crippen LogP contribution in [0.3, 0.4) is 0 Å². The quantitative estimate of drug-likeness (QED) is 0.225. The normalized spacial score (nSPS) is 12.3. The van der Waals surface area contributed by atoms with Crippen molar-refractivity contribution in [3.05, 3.63) is 70.8 Å². The maximum atomic E-state index is 12.6. The van der Waals surface area contributed by atoms with E-state index in [1.165, 1.54) is 44.2 Å². The van der Waals surface area contributed by atoms with Crippen LogP contribution in [-0.2, 0) is 17.6 Å². The lowest BCUT2D eigenvalue weighted by atomic mass is 10.1. The summed E-state index contributed by atoms with van der Waals surface area (Å²) in [6, 6.07) is 12.8. The molecule has 0 bridgehead atoms. The summed E-state index contributed by atoms with van der Waals surface area (Å²) in [4.78, 5) is 5.52. The third-order valence-electron chi connectivity index (χ3n) is 5.08. The molecule has 0 fully saturated rings. The van der Waals surface area contributed by atoms with Gasteiger partial charge in [-0.1, -0.05) is 75.1 Å². The number of hydroxylamine groups is 1. The second-order valence-corrected chi connectivity index (χ2v) is 7.76. The van der Waals surface area contributed by atoms with Crippen molar-refractivity contribution >= 4 is 0 Å². The van der Waals surface area contributed by atoms with Gasteiger partial charge in [0, 0.05) is 12.0 Å². The van der Waals surface area contributed by atoms with Crippen LogP contribution in [0.1, 0.15) is 87.1 Å². The minimum atomic E-state index is -4.32. The maximum Gasteiger partial charge on any atom is 0.416 e. The highest BCUT2D eigenvalue weighted by molar-refractivity contribution is 5.36. The van der Waals surface area contributed by atoms with Crippen LogP contribution in [0.25, 0.3) is 0 Å². The Morgan fingerprint density at radius 3 is 2.19 bits per heavy atom. The summed E-state index contributed by atoms with van der Waals surface area (Å²) in [5.41, 5.74) is 4.93. The van der Waals surface area contributed by atoms with E-state index in [-0.39, 0.29) is 6.04 Å². The number of unbranched alkanes of at least 4 members (excludes halogenated alkanes) is 6. The zero-order valence-corrected chi connectivity index (χ0v) is 18.4. The van der Waals surface area contributed by atoms with E-state index in [1.807, 2.05) is 31.2 Å². The van der Waals surface area contributed by atoms with Crippen LogP contribution in [0.15, 0.2) is 48.5 Å². The molecule has 0 saturated heterocycles. The molecule has 1 atom stereocenters. The molecular formula is C26H32F3NO. The van der Waals surface area contributed by atoms with Gasteiger partial charge in [0.25, 0.3) is 0 Å². The number of alkyl halides is 3. The smallest absolute Gasteiger partial charge is 0.296 e. The summed E-state index contributed by atoms with van der Waals surface area (Å²) >= 11 is 0. The monoisotopic (exact) mass is 431 g/mol. The van der Waals surface area contributed by atoms with Crippen molar-refractivity contribution in [3.63, 3.8) is 0 Å². The van der Waals surface area contributed by atoms with Crippen molar-refractivity contribution < 1.29 is 18.0 Å². The molecule has 0 spiro atoms. The first kappa shape index (κ1) is 25.0. The standard InChI is InChI=1S/C26H32F3NO/c1-3-4-5-6-7-8-9-10-11-22-12-14-23(15-13-22)20-31-30-21(2)24-16-18-25(19-17-24)26(27,28)29/h12-19,21,30H,3-9,20H2,1-2H3. The van der Waals surface area contributed by atoms with E-state index in [1.54, 1.807) is 0 Å². The third kappa shape index (κ3) is 9.59. The first-order valence-corrected chi connectivity index (χ1v) is 11.0. The minimum absolute atomic E-state index is 0.227. The molecule has 0 aliphatic carbocycles. The molecule has 0 radical (unpaired) electrons. The summed E-state index contributed by atoms with van der Waals surface area (Å²) in [7, 11) is 0. The number of halogens is 3. The lowest BCUT2D eigenvalue weighted by Crippen LogP contribution is -2.19. The number of benzene rings is 2. The van der Waals surface area contributed by atoms with E-state index in [9.17, 15) is 13.2 Å². The Balaban J connectivity index is 1.69. The van der Waals surface area contributed by atoms with Crippen LogP contribution in [0.2, 0.25) is 0 Å². The van der Waals surface area contributed by atoms with Gasteiger partial charge in [-0.25, -0.2) is 0 Å². The van der Waals surface area contributed by atoms with E-state index >= 15 is 0 Å². The van der Waals surface area contributed by atoms with Crippen molar-refractivity contribution in [2.75, 3.05) is 0 Å². The fourth-order valence-electron chi connectivity index (χ4n) is 3.12. The van der Waals surface area contributed by atoms with Gasteiger partial charge in [0.2, 0.25) is 0 Å². The molecular weight excluding hydrogens is 399 g/mol. The minimum Gasteiger partial charge on any atom is -0.296 e. The first-order chi connectivity index (χ1) is 14.9. The first-order valence-electron chi connectivity index (χ1n) is 11.0. The number of hydrogen-bond acceptors (Lipinski definition) is 2. The zero-order valence-electron chi connectivity index (χ0n) is 18.4. The Labute approximate surface area is 184 Å². The topological polar surface area (TPSA) is 21.3 Å². The van der Waals surface area contributed by atoms with E-state index < -0.39 is 11.7 Å². The molecule has 0 amide bonds. The molecule has 2 aromatic rings. The average Bonchev–Trinajstić information content (AvgIpc) is 2.76. The zero-order chi connectivity index (χ0) is 22.5. The summed E-state index contributed by atoms with van der Waals surface area (Å²) < 4.78 is 37.9. The van der Waals surface area contributed by atoms with Crippen molar-refractivity contribution in [2.24, 2.45) is 0 Å². The lowest BCUT2D eigenvalue weighted by Gasteiger charge is -2.15. The van der Waals surface area contributed by atoms with Gasteiger partial charge in [0.15, 0.2) is 0 Å². The van der Waals surface area contributed by atoms with Crippen LogP contribution in [0, 0.1) is 11.8 Å².